The summed E-state index contributed by atoms with van der Waals surface area (Å²) in [7, 11) is 0. The molecule has 1 saturated carbocycles. The smallest absolute Gasteiger partial charge is 0.272 e. The summed E-state index contributed by atoms with van der Waals surface area (Å²) < 4.78 is 3.06. The molecule has 1 fully saturated rings. The second-order valence-electron chi connectivity index (χ2n) is 9.41. The first-order valence-corrected chi connectivity index (χ1v) is 13.8. The fraction of sp³-hybridized carbons (Fsp3) is 0.680. The van der Waals surface area contributed by atoms with Crippen LogP contribution in [0, 0.1) is 0 Å². The molecular weight excluding hydrogens is 456 g/mol. The number of nitrogens with one attached hydrogen (secondary N) is 2. The van der Waals surface area contributed by atoms with Crippen LogP contribution in [0.4, 0.5) is 0 Å². The second-order valence-corrected chi connectivity index (χ2v) is 11.2. The SMILES string of the molecule is CCCNCCCN1C(=O)c2cc3sc(CC)cc3n2CC1(Cl)C(=O)NC1CCCCCC1. The zero-order chi connectivity index (χ0) is 23.4. The van der Waals surface area contributed by atoms with Crippen LogP contribution in [0.5, 0.6) is 0 Å². The Morgan fingerprint density at radius 1 is 1.18 bits per heavy atom. The Morgan fingerprint density at radius 3 is 2.64 bits per heavy atom. The van der Waals surface area contributed by atoms with Crippen LogP contribution in [0.2, 0.25) is 0 Å². The molecule has 2 aromatic heterocycles. The van der Waals surface area contributed by atoms with Gasteiger partial charge in [-0.3, -0.25) is 9.59 Å². The van der Waals surface area contributed by atoms with E-state index in [9.17, 15) is 9.59 Å². The first-order valence-electron chi connectivity index (χ1n) is 12.6. The lowest BCUT2D eigenvalue weighted by Gasteiger charge is -2.42. The third-order valence-electron chi connectivity index (χ3n) is 6.95. The van der Waals surface area contributed by atoms with Crippen molar-refractivity contribution in [1.82, 2.24) is 20.1 Å². The van der Waals surface area contributed by atoms with E-state index in [0.717, 1.165) is 68.3 Å². The minimum atomic E-state index is -1.42. The molecule has 33 heavy (non-hydrogen) atoms. The molecule has 1 aliphatic carbocycles. The molecule has 0 aromatic carbocycles. The number of alkyl halides is 1. The van der Waals surface area contributed by atoms with Crippen LogP contribution in [0.25, 0.3) is 10.2 Å². The molecule has 2 amide bonds. The lowest BCUT2D eigenvalue weighted by atomic mass is 10.1. The van der Waals surface area contributed by atoms with Crippen molar-refractivity contribution in [2.75, 3.05) is 19.6 Å². The average Bonchev–Trinajstić information content (AvgIpc) is 3.24. The number of carbonyl (C=O) groups is 2. The molecular formula is C25H37ClN4O2S. The highest BCUT2D eigenvalue weighted by Crippen LogP contribution is 2.38. The molecule has 2 aliphatic rings. The van der Waals surface area contributed by atoms with Gasteiger partial charge in [0.2, 0.25) is 5.00 Å². The first-order chi connectivity index (χ1) is 16.0. The molecule has 6 nitrogen and oxygen atoms in total. The van der Waals surface area contributed by atoms with Crippen LogP contribution < -0.4 is 10.6 Å². The van der Waals surface area contributed by atoms with Crippen molar-refractivity contribution in [2.24, 2.45) is 0 Å². The Bertz CT molecular complexity index is 979. The van der Waals surface area contributed by atoms with Crippen LogP contribution in [0.3, 0.4) is 0 Å². The van der Waals surface area contributed by atoms with Gasteiger partial charge in [-0.05, 0) is 57.3 Å². The number of aryl methyl sites for hydroxylation is 1. The summed E-state index contributed by atoms with van der Waals surface area (Å²) in [6.45, 7) is 6.74. The minimum Gasteiger partial charge on any atom is -0.350 e. The van der Waals surface area contributed by atoms with E-state index < -0.39 is 5.00 Å². The molecule has 1 atom stereocenters. The van der Waals surface area contributed by atoms with Crippen LogP contribution in [0.15, 0.2) is 12.1 Å². The van der Waals surface area contributed by atoms with Gasteiger partial charge in [0.15, 0.2) is 0 Å². The highest BCUT2D eigenvalue weighted by molar-refractivity contribution is 7.19. The van der Waals surface area contributed by atoms with E-state index in [2.05, 4.69) is 30.5 Å². The van der Waals surface area contributed by atoms with Crippen molar-refractivity contribution >= 4 is 45.0 Å². The van der Waals surface area contributed by atoms with E-state index in [1.54, 1.807) is 16.2 Å². The number of halogens is 1. The van der Waals surface area contributed by atoms with Crippen molar-refractivity contribution in [2.45, 2.75) is 89.2 Å². The molecule has 8 heteroatoms. The lowest BCUT2D eigenvalue weighted by molar-refractivity contribution is -0.129. The quantitative estimate of drug-likeness (QED) is 0.227. The van der Waals surface area contributed by atoms with Gasteiger partial charge < -0.3 is 20.1 Å². The fourth-order valence-corrected chi connectivity index (χ4v) is 6.44. The Hall–Kier alpha value is -1.57. The second kappa shape index (κ2) is 10.8. The summed E-state index contributed by atoms with van der Waals surface area (Å²) in [6, 6.07) is 4.25. The normalized spacial score (nSPS) is 21.9. The van der Waals surface area contributed by atoms with Gasteiger partial charge in [0.1, 0.15) is 5.69 Å². The average molecular weight is 493 g/mol. The molecule has 3 heterocycles. The number of thiophene rings is 1. The molecule has 1 unspecified atom stereocenters. The molecule has 2 N–H and O–H groups in total. The predicted octanol–water partition coefficient (Wildman–Crippen LogP) is 4.88. The standard InChI is InChI=1S/C25H37ClN4O2S/c1-3-12-27-13-9-14-30-23(31)21-16-22-20(15-19(4-2)33-22)29(21)17-25(30,26)24(32)28-18-10-7-5-6-8-11-18/h15-16,18,27H,3-14,17H2,1-2H3,(H,28,32). The Kier molecular flexibility index (Phi) is 8.03. The Morgan fingerprint density at radius 2 is 1.94 bits per heavy atom. The van der Waals surface area contributed by atoms with Crippen LogP contribution in [-0.4, -0.2) is 52.0 Å². The predicted molar refractivity (Wildman–Crippen MR) is 136 cm³/mol. The first kappa shape index (κ1) is 24.6. The molecule has 0 saturated heterocycles. The Labute approximate surface area is 206 Å². The van der Waals surface area contributed by atoms with Crippen molar-refractivity contribution in [1.29, 1.82) is 0 Å². The number of nitrogens with zero attached hydrogens (tertiary/aromatic N) is 2. The van der Waals surface area contributed by atoms with E-state index >= 15 is 0 Å². The van der Waals surface area contributed by atoms with E-state index in [-0.39, 0.29) is 24.4 Å². The van der Waals surface area contributed by atoms with Crippen molar-refractivity contribution in [3.8, 4) is 0 Å². The maximum atomic E-state index is 13.7. The van der Waals surface area contributed by atoms with Gasteiger partial charge >= 0.3 is 0 Å². The van der Waals surface area contributed by atoms with Crippen LogP contribution >= 0.6 is 22.9 Å². The minimum absolute atomic E-state index is 0.137. The fourth-order valence-electron chi connectivity index (χ4n) is 5.07. The Balaban J connectivity index is 1.61. The van der Waals surface area contributed by atoms with E-state index in [1.165, 1.54) is 17.7 Å². The molecule has 2 aromatic rings. The highest BCUT2D eigenvalue weighted by atomic mass is 35.5. The number of rotatable bonds is 9. The van der Waals surface area contributed by atoms with Gasteiger partial charge in [0.25, 0.3) is 11.8 Å². The maximum Gasteiger partial charge on any atom is 0.272 e. The largest absolute Gasteiger partial charge is 0.350 e. The van der Waals surface area contributed by atoms with Crippen LogP contribution in [0.1, 0.15) is 80.6 Å². The summed E-state index contributed by atoms with van der Waals surface area (Å²) >= 11 is 8.88. The third kappa shape index (κ3) is 5.10. The summed E-state index contributed by atoms with van der Waals surface area (Å²) in [5, 5.41) is 6.61. The summed E-state index contributed by atoms with van der Waals surface area (Å²) in [4.78, 5) is 28.8. The molecule has 182 valence electrons. The zero-order valence-corrected chi connectivity index (χ0v) is 21.5. The van der Waals surface area contributed by atoms with E-state index in [0.29, 0.717) is 12.2 Å². The number of amides is 2. The number of hydrogen-bond donors (Lipinski definition) is 2. The maximum absolute atomic E-state index is 13.7. The molecule has 0 spiro atoms. The number of carbonyl (C=O) groups excluding carboxylic acids is 2. The lowest BCUT2D eigenvalue weighted by Crippen LogP contribution is -2.63. The van der Waals surface area contributed by atoms with Gasteiger partial charge in [0.05, 0.1) is 16.8 Å². The highest BCUT2D eigenvalue weighted by Gasteiger charge is 2.50. The number of fused-ring (bicyclic) bond motifs is 3. The van der Waals surface area contributed by atoms with Gasteiger partial charge in [-0.2, -0.15) is 0 Å². The summed E-state index contributed by atoms with van der Waals surface area (Å²) in [5.74, 6) is -0.381. The van der Waals surface area contributed by atoms with Gasteiger partial charge in [-0.15, -0.1) is 11.3 Å². The number of aromatic nitrogens is 1. The van der Waals surface area contributed by atoms with E-state index in [1.807, 2.05) is 10.6 Å². The summed E-state index contributed by atoms with van der Waals surface area (Å²) in [6.07, 6.45) is 9.43. The van der Waals surface area contributed by atoms with Gasteiger partial charge in [-0.1, -0.05) is 51.1 Å². The van der Waals surface area contributed by atoms with E-state index in [4.69, 9.17) is 11.6 Å². The summed E-state index contributed by atoms with van der Waals surface area (Å²) in [5.41, 5.74) is 1.65. The third-order valence-corrected chi connectivity index (χ3v) is 8.66. The number of hydrogen-bond acceptors (Lipinski definition) is 4. The van der Waals surface area contributed by atoms with Crippen molar-refractivity contribution in [3.05, 3.63) is 22.7 Å². The van der Waals surface area contributed by atoms with Crippen LogP contribution in [-0.2, 0) is 17.8 Å². The molecule has 1 aliphatic heterocycles. The van der Waals surface area contributed by atoms with Crippen molar-refractivity contribution in [3.63, 3.8) is 0 Å². The van der Waals surface area contributed by atoms with Gasteiger partial charge in [0, 0.05) is 17.5 Å². The molecule has 4 rings (SSSR count). The topological polar surface area (TPSA) is 66.4 Å². The molecule has 0 radical (unpaired) electrons. The zero-order valence-electron chi connectivity index (χ0n) is 19.9. The monoisotopic (exact) mass is 492 g/mol. The van der Waals surface area contributed by atoms with Crippen molar-refractivity contribution < 1.29 is 9.59 Å². The molecule has 0 bridgehead atoms. The van der Waals surface area contributed by atoms with Gasteiger partial charge in [-0.25, -0.2) is 0 Å².